The van der Waals surface area contributed by atoms with E-state index in [0.717, 1.165) is 0 Å². The number of carbonyl (C=O) groups excluding carboxylic acids is 1. The molecule has 0 saturated heterocycles. The van der Waals surface area contributed by atoms with Gasteiger partial charge in [0.25, 0.3) is 5.91 Å². The maximum Gasteiger partial charge on any atom is 0.387 e. The second-order valence-corrected chi connectivity index (χ2v) is 5.81. The Hall–Kier alpha value is -2.05. The standard InChI is InChI=1S/C17H15Cl2F2NO3/c1-24-14-5-2-10(8-15(14)25-17(20)21)6-7-22-16(23)11-3-4-12(18)13(19)9-11/h2-5,8-9,17H,6-7H2,1H3,(H,22,23). The highest BCUT2D eigenvalue weighted by atomic mass is 35.5. The summed E-state index contributed by atoms with van der Waals surface area (Å²) < 4.78 is 34.2. The van der Waals surface area contributed by atoms with Crippen LogP contribution in [0, 0.1) is 0 Å². The summed E-state index contributed by atoms with van der Waals surface area (Å²) in [7, 11) is 1.37. The molecular weight excluding hydrogens is 375 g/mol. The van der Waals surface area contributed by atoms with Crippen LogP contribution in [-0.4, -0.2) is 26.2 Å². The summed E-state index contributed by atoms with van der Waals surface area (Å²) in [5, 5.41) is 3.38. The Morgan fingerprint density at radius 2 is 1.88 bits per heavy atom. The number of rotatable bonds is 7. The van der Waals surface area contributed by atoms with E-state index in [4.69, 9.17) is 27.9 Å². The number of nitrogens with one attached hydrogen (secondary N) is 1. The average molecular weight is 390 g/mol. The number of alkyl halides is 2. The van der Waals surface area contributed by atoms with E-state index in [9.17, 15) is 13.6 Å². The van der Waals surface area contributed by atoms with Gasteiger partial charge < -0.3 is 14.8 Å². The molecule has 0 radical (unpaired) electrons. The van der Waals surface area contributed by atoms with E-state index < -0.39 is 6.61 Å². The van der Waals surface area contributed by atoms with Crippen LogP contribution in [0.15, 0.2) is 36.4 Å². The minimum atomic E-state index is -2.95. The van der Waals surface area contributed by atoms with Gasteiger partial charge >= 0.3 is 6.61 Å². The number of benzene rings is 2. The van der Waals surface area contributed by atoms with Gasteiger partial charge in [-0.1, -0.05) is 29.3 Å². The zero-order valence-electron chi connectivity index (χ0n) is 13.2. The normalized spacial score (nSPS) is 10.6. The van der Waals surface area contributed by atoms with Crippen molar-refractivity contribution in [3.05, 3.63) is 57.6 Å². The van der Waals surface area contributed by atoms with E-state index in [1.165, 1.54) is 31.4 Å². The van der Waals surface area contributed by atoms with Gasteiger partial charge in [-0.3, -0.25) is 4.79 Å². The number of ether oxygens (including phenoxy) is 2. The van der Waals surface area contributed by atoms with Crippen LogP contribution in [0.5, 0.6) is 11.5 Å². The van der Waals surface area contributed by atoms with E-state index in [0.29, 0.717) is 34.1 Å². The Labute approximate surface area is 153 Å². The summed E-state index contributed by atoms with van der Waals surface area (Å²) in [5.41, 5.74) is 1.09. The molecular formula is C17H15Cl2F2NO3. The number of carbonyl (C=O) groups is 1. The largest absolute Gasteiger partial charge is 0.493 e. The van der Waals surface area contributed by atoms with Crippen LogP contribution in [0.1, 0.15) is 15.9 Å². The molecule has 0 unspecified atom stereocenters. The third-order valence-corrected chi connectivity index (χ3v) is 4.06. The zero-order chi connectivity index (χ0) is 18.4. The second kappa shape index (κ2) is 8.87. The molecule has 25 heavy (non-hydrogen) atoms. The highest BCUT2D eigenvalue weighted by Gasteiger charge is 2.12. The number of methoxy groups -OCH3 is 1. The fourth-order valence-corrected chi connectivity index (χ4v) is 2.42. The lowest BCUT2D eigenvalue weighted by Crippen LogP contribution is -2.25. The highest BCUT2D eigenvalue weighted by molar-refractivity contribution is 6.42. The molecule has 0 bridgehead atoms. The van der Waals surface area contributed by atoms with Gasteiger partial charge in [-0.25, -0.2) is 0 Å². The van der Waals surface area contributed by atoms with Crippen LogP contribution in [0.2, 0.25) is 10.0 Å². The number of hydrogen-bond acceptors (Lipinski definition) is 3. The molecule has 0 aliphatic carbocycles. The predicted octanol–water partition coefficient (Wildman–Crippen LogP) is 4.58. The SMILES string of the molecule is COc1ccc(CCNC(=O)c2ccc(Cl)c(Cl)c2)cc1OC(F)F. The van der Waals surface area contributed by atoms with Crippen molar-refractivity contribution in [3.63, 3.8) is 0 Å². The Bertz CT molecular complexity index is 757. The lowest BCUT2D eigenvalue weighted by atomic mass is 10.1. The van der Waals surface area contributed by atoms with Gasteiger partial charge in [0.15, 0.2) is 11.5 Å². The quantitative estimate of drug-likeness (QED) is 0.753. The molecule has 2 aromatic rings. The van der Waals surface area contributed by atoms with Gasteiger partial charge in [-0.2, -0.15) is 8.78 Å². The minimum absolute atomic E-state index is 0.0502. The molecule has 0 heterocycles. The van der Waals surface area contributed by atoms with E-state index >= 15 is 0 Å². The zero-order valence-corrected chi connectivity index (χ0v) is 14.7. The lowest BCUT2D eigenvalue weighted by Gasteiger charge is -2.12. The molecule has 134 valence electrons. The van der Waals surface area contributed by atoms with E-state index in [1.807, 2.05) is 0 Å². The first-order chi connectivity index (χ1) is 11.9. The monoisotopic (exact) mass is 389 g/mol. The topological polar surface area (TPSA) is 47.6 Å². The summed E-state index contributed by atoms with van der Waals surface area (Å²) in [5.74, 6) is -0.147. The van der Waals surface area contributed by atoms with Crippen LogP contribution in [0.4, 0.5) is 8.78 Å². The molecule has 2 rings (SSSR count). The van der Waals surface area contributed by atoms with Crippen molar-refractivity contribution in [2.24, 2.45) is 0 Å². The first kappa shape index (κ1) is 19.3. The fraction of sp³-hybridized carbons (Fsp3) is 0.235. The van der Waals surface area contributed by atoms with Crippen LogP contribution in [0.25, 0.3) is 0 Å². The maximum absolute atomic E-state index is 12.4. The Morgan fingerprint density at radius 3 is 2.52 bits per heavy atom. The van der Waals surface area contributed by atoms with Crippen molar-refractivity contribution in [2.75, 3.05) is 13.7 Å². The van der Waals surface area contributed by atoms with E-state index in [2.05, 4.69) is 10.1 Å². The summed E-state index contributed by atoms with van der Waals surface area (Å²) >= 11 is 11.7. The molecule has 0 aliphatic rings. The number of hydrogen-bond donors (Lipinski definition) is 1. The maximum atomic E-state index is 12.4. The highest BCUT2D eigenvalue weighted by Crippen LogP contribution is 2.29. The molecule has 1 N–H and O–H groups in total. The minimum Gasteiger partial charge on any atom is -0.493 e. The smallest absolute Gasteiger partial charge is 0.387 e. The third kappa shape index (κ3) is 5.47. The summed E-state index contributed by atoms with van der Waals surface area (Å²) in [6.07, 6.45) is 0.427. The van der Waals surface area contributed by atoms with Crippen molar-refractivity contribution in [3.8, 4) is 11.5 Å². The van der Waals surface area contributed by atoms with Gasteiger partial charge in [-0.05, 0) is 42.3 Å². The predicted molar refractivity (Wildman–Crippen MR) is 92.1 cm³/mol. The van der Waals surface area contributed by atoms with Crippen LogP contribution in [0.3, 0.4) is 0 Å². The van der Waals surface area contributed by atoms with Crippen molar-refractivity contribution >= 4 is 29.1 Å². The van der Waals surface area contributed by atoms with Gasteiger partial charge in [-0.15, -0.1) is 0 Å². The fourth-order valence-electron chi connectivity index (χ4n) is 2.12. The second-order valence-electron chi connectivity index (χ2n) is 5.00. The molecule has 0 aromatic heterocycles. The van der Waals surface area contributed by atoms with Crippen molar-refractivity contribution in [2.45, 2.75) is 13.0 Å². The third-order valence-electron chi connectivity index (χ3n) is 3.33. The number of amides is 1. The molecule has 0 aliphatic heterocycles. The molecule has 0 fully saturated rings. The molecule has 0 spiro atoms. The van der Waals surface area contributed by atoms with Crippen LogP contribution in [-0.2, 0) is 6.42 Å². The Kier molecular flexibility index (Phi) is 6.84. The van der Waals surface area contributed by atoms with Gasteiger partial charge in [0.1, 0.15) is 0 Å². The first-order valence-electron chi connectivity index (χ1n) is 7.25. The van der Waals surface area contributed by atoms with E-state index in [-0.39, 0.29) is 17.4 Å². The number of halogens is 4. The van der Waals surface area contributed by atoms with Gasteiger partial charge in [0.2, 0.25) is 0 Å². The van der Waals surface area contributed by atoms with Crippen molar-refractivity contribution in [1.82, 2.24) is 5.32 Å². The van der Waals surface area contributed by atoms with Crippen LogP contribution >= 0.6 is 23.2 Å². The lowest BCUT2D eigenvalue weighted by molar-refractivity contribution is -0.0512. The van der Waals surface area contributed by atoms with Crippen LogP contribution < -0.4 is 14.8 Å². The molecule has 0 saturated carbocycles. The summed E-state index contributed by atoms with van der Waals surface area (Å²) in [6, 6.07) is 9.27. The molecule has 8 heteroatoms. The van der Waals surface area contributed by atoms with Crippen molar-refractivity contribution < 1.29 is 23.0 Å². The van der Waals surface area contributed by atoms with Crippen molar-refractivity contribution in [1.29, 1.82) is 0 Å². The molecule has 2 aromatic carbocycles. The molecule has 0 atom stereocenters. The Balaban J connectivity index is 1.96. The molecule has 1 amide bonds. The summed E-state index contributed by atoms with van der Waals surface area (Å²) in [4.78, 5) is 12.1. The van der Waals surface area contributed by atoms with E-state index in [1.54, 1.807) is 12.1 Å². The average Bonchev–Trinajstić information content (AvgIpc) is 2.57. The summed E-state index contributed by atoms with van der Waals surface area (Å²) in [6.45, 7) is -2.64. The van der Waals surface area contributed by atoms with Gasteiger partial charge in [0, 0.05) is 12.1 Å². The first-order valence-corrected chi connectivity index (χ1v) is 8.01. The molecule has 4 nitrogen and oxygen atoms in total. The Morgan fingerprint density at radius 1 is 1.12 bits per heavy atom. The van der Waals surface area contributed by atoms with Gasteiger partial charge in [0.05, 0.1) is 17.2 Å².